The van der Waals surface area contributed by atoms with Gasteiger partial charge in [-0.1, -0.05) is 109 Å². The number of rotatable bonds is 17. The molecule has 2 heteroatoms. The molecule has 2 heterocycles. The Bertz CT molecular complexity index is 1470. The van der Waals surface area contributed by atoms with E-state index in [2.05, 4.69) is 56.9 Å². The molecular formula is C38H50S2. The molecule has 0 nitrogen and oxygen atoms in total. The molecule has 0 spiro atoms. The topological polar surface area (TPSA) is 0 Å². The molecule has 40 heavy (non-hydrogen) atoms. The first-order valence-corrected chi connectivity index (χ1v) is 18.2. The molecule has 214 valence electrons. The maximum absolute atomic E-state index is 3.76. The number of aryl methyl sites for hydroxylation is 1. The van der Waals surface area contributed by atoms with Crippen LogP contribution in [0.2, 0.25) is 0 Å². The first-order chi connectivity index (χ1) is 19.7. The lowest BCUT2D eigenvalue weighted by molar-refractivity contribution is 0.574. The van der Waals surface area contributed by atoms with Gasteiger partial charge in [-0.3, -0.25) is 0 Å². The van der Waals surface area contributed by atoms with E-state index in [-0.39, 0.29) is 0 Å². The molecule has 0 atom stereocenters. The summed E-state index contributed by atoms with van der Waals surface area (Å²) in [6, 6.07) is 7.42. The number of unbranched alkanes of at least 4 members (excludes halogenated alkanes) is 13. The Morgan fingerprint density at radius 2 is 1.35 bits per heavy atom. The van der Waals surface area contributed by atoms with Gasteiger partial charge in [0.15, 0.2) is 0 Å². The van der Waals surface area contributed by atoms with Crippen LogP contribution in [0.15, 0.2) is 23.8 Å². The van der Waals surface area contributed by atoms with E-state index in [0.29, 0.717) is 0 Å². The lowest BCUT2D eigenvalue weighted by Gasteiger charge is -2.03. The minimum atomic E-state index is 1.16. The third-order valence-electron chi connectivity index (χ3n) is 8.97. The number of allylic oxidation sites excluding steroid dienone is 1. The van der Waals surface area contributed by atoms with Gasteiger partial charge in [0.25, 0.3) is 0 Å². The molecule has 0 radical (unpaired) electrons. The molecule has 0 fully saturated rings. The Morgan fingerprint density at radius 1 is 0.700 bits per heavy atom. The van der Waals surface area contributed by atoms with E-state index in [9.17, 15) is 0 Å². The second-order valence-corrected chi connectivity index (χ2v) is 14.5. The van der Waals surface area contributed by atoms with Gasteiger partial charge < -0.3 is 0 Å². The van der Waals surface area contributed by atoms with Crippen LogP contribution in [0.1, 0.15) is 150 Å². The van der Waals surface area contributed by atoms with Crippen LogP contribution in [0.4, 0.5) is 0 Å². The normalized spacial score (nSPS) is 13.8. The maximum atomic E-state index is 3.76. The summed E-state index contributed by atoms with van der Waals surface area (Å²) < 4.78 is 2.87. The van der Waals surface area contributed by atoms with Crippen molar-refractivity contribution in [1.82, 2.24) is 0 Å². The zero-order valence-electron chi connectivity index (χ0n) is 25.4. The Balaban J connectivity index is 1.23. The van der Waals surface area contributed by atoms with Gasteiger partial charge in [0.05, 0.1) is 0 Å². The molecule has 2 aliphatic carbocycles. The molecule has 0 unspecified atom stereocenters. The van der Waals surface area contributed by atoms with E-state index < -0.39 is 0 Å². The van der Waals surface area contributed by atoms with Gasteiger partial charge in [-0.2, -0.15) is 0 Å². The van der Waals surface area contributed by atoms with E-state index in [1.807, 2.05) is 22.7 Å². The Morgan fingerprint density at radius 3 is 2.05 bits per heavy atom. The smallest absolute Gasteiger partial charge is 0.0476 e. The van der Waals surface area contributed by atoms with Crippen molar-refractivity contribution >= 4 is 56.2 Å². The summed E-state index contributed by atoms with van der Waals surface area (Å²) in [6.07, 6.45) is 29.3. The summed E-state index contributed by atoms with van der Waals surface area (Å²) in [5, 5.41) is 2.72. The molecule has 3 aromatic rings. The van der Waals surface area contributed by atoms with E-state index in [1.54, 1.807) is 10.5 Å². The van der Waals surface area contributed by atoms with Crippen LogP contribution in [0.5, 0.6) is 0 Å². The van der Waals surface area contributed by atoms with E-state index in [1.165, 1.54) is 156 Å². The molecule has 2 aliphatic rings. The van der Waals surface area contributed by atoms with Crippen LogP contribution in [0.3, 0.4) is 0 Å². The summed E-state index contributed by atoms with van der Waals surface area (Å²) in [5.74, 6) is 0. The molecular weight excluding hydrogens is 521 g/mol. The van der Waals surface area contributed by atoms with Crippen LogP contribution in [0.25, 0.3) is 33.5 Å². The molecule has 1 aromatic carbocycles. The third-order valence-corrected chi connectivity index (χ3v) is 11.6. The van der Waals surface area contributed by atoms with Crippen molar-refractivity contribution in [2.24, 2.45) is 0 Å². The highest BCUT2D eigenvalue weighted by Crippen LogP contribution is 2.34. The summed E-state index contributed by atoms with van der Waals surface area (Å²) in [6.45, 7) is 6.94. The molecule has 0 amide bonds. The van der Waals surface area contributed by atoms with Gasteiger partial charge in [0, 0.05) is 35.2 Å². The van der Waals surface area contributed by atoms with E-state index in [4.69, 9.17) is 0 Å². The first kappa shape index (κ1) is 29.6. The highest BCUT2D eigenvalue weighted by atomic mass is 32.1. The van der Waals surface area contributed by atoms with Crippen LogP contribution in [0, 0.1) is 0 Å². The van der Waals surface area contributed by atoms with Gasteiger partial charge >= 0.3 is 0 Å². The van der Waals surface area contributed by atoms with E-state index >= 15 is 0 Å². The number of benzene rings is 1. The first-order valence-electron chi connectivity index (χ1n) is 16.5. The van der Waals surface area contributed by atoms with Crippen LogP contribution >= 0.6 is 22.7 Å². The fourth-order valence-electron chi connectivity index (χ4n) is 6.55. The largest absolute Gasteiger partial charge is 0.140 e. The Kier molecular flexibility index (Phi) is 11.0. The van der Waals surface area contributed by atoms with Crippen molar-refractivity contribution in [3.05, 3.63) is 60.0 Å². The van der Waals surface area contributed by atoms with Crippen molar-refractivity contribution in [1.29, 1.82) is 0 Å². The average molecular weight is 571 g/mol. The molecule has 0 saturated heterocycles. The zero-order valence-corrected chi connectivity index (χ0v) is 27.1. The summed E-state index contributed by atoms with van der Waals surface area (Å²) in [4.78, 5) is 3.02. The lowest BCUT2D eigenvalue weighted by atomic mass is 10.0. The van der Waals surface area contributed by atoms with Gasteiger partial charge in [-0.05, 0) is 80.0 Å². The van der Waals surface area contributed by atoms with Gasteiger partial charge in [0.2, 0.25) is 0 Å². The van der Waals surface area contributed by atoms with Crippen LogP contribution in [-0.4, -0.2) is 0 Å². The highest BCUT2D eigenvalue weighted by molar-refractivity contribution is 7.17. The lowest BCUT2D eigenvalue weighted by Crippen LogP contribution is -2.19. The fraction of sp³-hybridized carbons (Fsp3) is 0.553. The number of fused-ring (bicyclic) bond motifs is 5. The molecule has 2 aromatic heterocycles. The van der Waals surface area contributed by atoms with Crippen molar-refractivity contribution in [3.8, 4) is 0 Å². The molecule has 0 bridgehead atoms. The van der Waals surface area contributed by atoms with Crippen LogP contribution < -0.4 is 9.75 Å². The monoisotopic (exact) mass is 570 g/mol. The predicted octanol–water partition coefficient (Wildman–Crippen LogP) is 11.4. The summed E-state index contributed by atoms with van der Waals surface area (Å²) in [7, 11) is 0. The molecule has 0 N–H and O–H groups in total. The molecule has 0 saturated carbocycles. The standard InChI is InChI=1S/C38H50S2/c1-4-6-8-10-12-14-15-17-19-29-23-31-26-35-34-22-21-30-25-33(20-18-16-13-11-9-7-5-2)39-37(30)28(3)38(34)40-36(35)27-32(31)24-29/h21,23,25-27H,4-20,24H2,1-3H3. The second-order valence-electron chi connectivity index (χ2n) is 12.3. The van der Waals surface area contributed by atoms with Gasteiger partial charge in [0.1, 0.15) is 0 Å². The Labute approximate surface area is 251 Å². The minimum Gasteiger partial charge on any atom is -0.140 e. The van der Waals surface area contributed by atoms with E-state index in [0.717, 1.165) is 6.42 Å². The van der Waals surface area contributed by atoms with Crippen molar-refractivity contribution in [2.75, 3.05) is 0 Å². The maximum Gasteiger partial charge on any atom is 0.0476 e. The number of hydrogen-bond acceptors (Lipinski definition) is 2. The number of thiophene rings is 2. The number of hydrogen-bond donors (Lipinski definition) is 0. The van der Waals surface area contributed by atoms with Gasteiger partial charge in [-0.15, -0.1) is 28.4 Å². The molecule has 0 aliphatic heterocycles. The third kappa shape index (κ3) is 7.31. The molecule has 5 rings (SSSR count). The SMILES string of the molecule is CCCCCCCCCCC1=Cc2cc3c4c(sc3cc2C1)=C(C)c1sc(CCCCCCCCC)cc1C=C=4. The predicted molar refractivity (Wildman–Crippen MR) is 182 cm³/mol. The van der Waals surface area contributed by atoms with Crippen molar-refractivity contribution < 1.29 is 0 Å². The van der Waals surface area contributed by atoms with Crippen LogP contribution in [-0.2, 0) is 12.8 Å². The second kappa shape index (κ2) is 14.9. The Hall–Kier alpha value is -1.86. The zero-order chi connectivity index (χ0) is 27.7. The fourth-order valence-corrected chi connectivity index (χ4v) is 9.02. The van der Waals surface area contributed by atoms with Crippen molar-refractivity contribution in [2.45, 2.75) is 136 Å². The summed E-state index contributed by atoms with van der Waals surface area (Å²) in [5.41, 5.74) is 11.2. The summed E-state index contributed by atoms with van der Waals surface area (Å²) >= 11 is 4.02. The quantitative estimate of drug-likeness (QED) is 0.142. The van der Waals surface area contributed by atoms with Crippen molar-refractivity contribution in [3.63, 3.8) is 0 Å². The minimum absolute atomic E-state index is 1.16. The highest BCUT2D eigenvalue weighted by Gasteiger charge is 2.18. The van der Waals surface area contributed by atoms with Gasteiger partial charge in [-0.25, -0.2) is 0 Å². The average Bonchev–Trinajstić information content (AvgIpc) is 3.63.